The van der Waals surface area contributed by atoms with E-state index < -0.39 is 35.4 Å². The first-order chi connectivity index (χ1) is 23.5. The average molecular weight is 719 g/mol. The summed E-state index contributed by atoms with van der Waals surface area (Å²) in [5.41, 5.74) is 0. The van der Waals surface area contributed by atoms with Crippen LogP contribution in [0.5, 0.6) is 0 Å². The Morgan fingerprint density at radius 3 is 0.900 bits per heavy atom. The van der Waals surface area contributed by atoms with E-state index in [2.05, 4.69) is 10.6 Å². The van der Waals surface area contributed by atoms with Gasteiger partial charge in [0, 0.05) is 119 Å². The standard InChI is InChI=1S/C30H54N8O12/c1-33(47)25(41)11-9-23(39)31-17-7-21-37(29(45)15-13-27(43)35(3)49)19-5-6-20-38(30(46)16-14-28(44)36(4)50)22-8-18-32-24(40)10-12-26(42)34(2)48/h47-50H,5-22H2,1-4H3,(H,31,39)(H,32,40). The van der Waals surface area contributed by atoms with Crippen molar-refractivity contribution in [3.05, 3.63) is 0 Å². The lowest BCUT2D eigenvalue weighted by Crippen LogP contribution is -2.37. The zero-order valence-electron chi connectivity index (χ0n) is 29.5. The number of hydroxylamine groups is 8. The first-order valence-corrected chi connectivity index (χ1v) is 16.4. The highest BCUT2D eigenvalue weighted by molar-refractivity contribution is 5.85. The molecule has 0 heterocycles. The predicted octanol–water partition coefficient (Wildman–Crippen LogP) is -1.05. The van der Waals surface area contributed by atoms with Crippen LogP contribution >= 0.6 is 0 Å². The molecule has 6 N–H and O–H groups in total. The largest absolute Gasteiger partial charge is 0.356 e. The minimum Gasteiger partial charge on any atom is -0.356 e. The van der Waals surface area contributed by atoms with Crippen LogP contribution in [0.4, 0.5) is 0 Å². The molecule has 0 aliphatic heterocycles. The van der Waals surface area contributed by atoms with Gasteiger partial charge in [0.1, 0.15) is 0 Å². The van der Waals surface area contributed by atoms with Gasteiger partial charge in [-0.1, -0.05) is 0 Å². The molecule has 286 valence electrons. The number of hydrogen-bond donors (Lipinski definition) is 6. The van der Waals surface area contributed by atoms with Gasteiger partial charge in [0.25, 0.3) is 0 Å². The Balaban J connectivity index is 5.18. The van der Waals surface area contributed by atoms with Crippen molar-refractivity contribution in [2.24, 2.45) is 0 Å². The van der Waals surface area contributed by atoms with E-state index >= 15 is 0 Å². The second-order valence-corrected chi connectivity index (χ2v) is 11.5. The number of hydrogen-bond acceptors (Lipinski definition) is 12. The molecule has 0 saturated carbocycles. The summed E-state index contributed by atoms with van der Waals surface area (Å²) in [6.45, 7) is 1.33. The Kier molecular flexibility index (Phi) is 23.3. The third-order valence-electron chi connectivity index (χ3n) is 7.35. The molecule has 0 atom stereocenters. The van der Waals surface area contributed by atoms with Gasteiger partial charge in [0.2, 0.25) is 47.3 Å². The van der Waals surface area contributed by atoms with Crippen LogP contribution < -0.4 is 10.6 Å². The van der Waals surface area contributed by atoms with Crippen molar-refractivity contribution < 1.29 is 59.2 Å². The van der Waals surface area contributed by atoms with Crippen LogP contribution in [0.25, 0.3) is 0 Å². The lowest BCUT2D eigenvalue weighted by Gasteiger charge is -2.25. The van der Waals surface area contributed by atoms with Gasteiger partial charge in [-0.25, -0.2) is 20.3 Å². The van der Waals surface area contributed by atoms with Gasteiger partial charge in [-0.2, -0.15) is 0 Å². The number of rotatable bonds is 25. The molecule has 0 saturated heterocycles. The monoisotopic (exact) mass is 718 g/mol. The number of nitrogens with one attached hydrogen (secondary N) is 2. The summed E-state index contributed by atoms with van der Waals surface area (Å²) >= 11 is 0. The smallest absolute Gasteiger partial charge is 0.246 e. The van der Waals surface area contributed by atoms with Crippen molar-refractivity contribution in [1.82, 2.24) is 40.7 Å². The second-order valence-electron chi connectivity index (χ2n) is 11.5. The Labute approximate surface area is 291 Å². The third-order valence-corrected chi connectivity index (χ3v) is 7.35. The number of carbonyl (C=O) groups excluding carboxylic acids is 8. The average Bonchev–Trinajstić information content (AvgIpc) is 3.06. The van der Waals surface area contributed by atoms with E-state index in [1.165, 1.54) is 9.80 Å². The Hall–Kier alpha value is -4.40. The van der Waals surface area contributed by atoms with Gasteiger partial charge in [-0.3, -0.25) is 59.2 Å². The summed E-state index contributed by atoms with van der Waals surface area (Å²) in [5.74, 6) is -4.04. The van der Waals surface area contributed by atoms with Gasteiger partial charge >= 0.3 is 0 Å². The highest BCUT2D eigenvalue weighted by Gasteiger charge is 2.19. The molecule has 0 bridgehead atoms. The van der Waals surface area contributed by atoms with Crippen molar-refractivity contribution >= 4 is 47.3 Å². The van der Waals surface area contributed by atoms with E-state index in [9.17, 15) is 48.8 Å². The van der Waals surface area contributed by atoms with Crippen LogP contribution in [0.3, 0.4) is 0 Å². The van der Waals surface area contributed by atoms with Gasteiger partial charge < -0.3 is 20.4 Å². The fraction of sp³-hybridized carbons (Fsp3) is 0.733. The third kappa shape index (κ3) is 21.5. The molecule has 0 aliphatic carbocycles. The fourth-order valence-electron chi connectivity index (χ4n) is 4.33. The van der Waals surface area contributed by atoms with Crippen molar-refractivity contribution in [2.75, 3.05) is 67.5 Å². The van der Waals surface area contributed by atoms with Crippen molar-refractivity contribution in [2.45, 2.75) is 77.0 Å². The van der Waals surface area contributed by atoms with E-state index in [4.69, 9.17) is 10.4 Å². The summed E-state index contributed by atoms with van der Waals surface area (Å²) in [6.07, 6.45) is 0.215. The van der Waals surface area contributed by atoms with Crippen molar-refractivity contribution in [3.8, 4) is 0 Å². The van der Waals surface area contributed by atoms with E-state index in [1.54, 1.807) is 0 Å². The van der Waals surface area contributed by atoms with Crippen LogP contribution in [0, 0.1) is 0 Å². The second kappa shape index (κ2) is 25.6. The molecule has 0 fully saturated rings. The first-order valence-electron chi connectivity index (χ1n) is 16.4. The van der Waals surface area contributed by atoms with Gasteiger partial charge in [-0.05, 0) is 25.7 Å². The molecule has 0 rings (SSSR count). The molecule has 0 aliphatic rings. The summed E-state index contributed by atoms with van der Waals surface area (Å²) in [5, 5.41) is 43.7. The summed E-state index contributed by atoms with van der Waals surface area (Å²) in [7, 11) is 4.62. The molecular weight excluding hydrogens is 664 g/mol. The molecule has 0 spiro atoms. The minimum atomic E-state index is -0.642. The predicted molar refractivity (Wildman–Crippen MR) is 173 cm³/mol. The zero-order valence-corrected chi connectivity index (χ0v) is 29.5. The zero-order chi connectivity index (χ0) is 38.2. The van der Waals surface area contributed by atoms with Crippen LogP contribution in [0.15, 0.2) is 0 Å². The van der Waals surface area contributed by atoms with E-state index in [-0.39, 0.29) is 102 Å². The maximum Gasteiger partial charge on any atom is 0.246 e. The SMILES string of the molecule is CN(O)C(=O)CCC(=O)NCCCN(CCCCN(CCCNC(=O)CCC(=O)N(C)O)C(=O)CCC(=O)N(C)O)C(=O)CCC(=O)N(C)O. The number of nitrogens with zero attached hydrogens (tertiary/aromatic N) is 6. The molecule has 20 heteroatoms. The molecule has 8 amide bonds. The summed E-state index contributed by atoms with van der Waals surface area (Å²) in [6, 6.07) is 0. The maximum atomic E-state index is 13.0. The van der Waals surface area contributed by atoms with Crippen molar-refractivity contribution in [3.63, 3.8) is 0 Å². The highest BCUT2D eigenvalue weighted by atomic mass is 16.5. The molecule has 0 radical (unpaired) electrons. The van der Waals surface area contributed by atoms with E-state index in [1.807, 2.05) is 0 Å². The molecule has 20 nitrogen and oxygen atoms in total. The molecular formula is C30H54N8O12. The first kappa shape index (κ1) is 45.6. The molecule has 0 aromatic rings. The Bertz CT molecular complexity index is 1050. The van der Waals surface area contributed by atoms with E-state index in [0.717, 1.165) is 28.2 Å². The Morgan fingerprint density at radius 2 is 0.620 bits per heavy atom. The topological polar surface area (TPSA) is 261 Å². The van der Waals surface area contributed by atoms with Gasteiger partial charge in [-0.15, -0.1) is 0 Å². The molecule has 0 aromatic heterocycles. The minimum absolute atomic E-state index is 0.126. The fourth-order valence-corrected chi connectivity index (χ4v) is 4.33. The van der Waals surface area contributed by atoms with Crippen LogP contribution in [-0.2, 0) is 38.4 Å². The van der Waals surface area contributed by atoms with Crippen LogP contribution in [0.1, 0.15) is 77.0 Å². The number of unbranched alkanes of at least 4 members (excludes halogenated alkanes) is 1. The summed E-state index contributed by atoms with van der Waals surface area (Å²) < 4.78 is 0. The molecule has 0 aromatic carbocycles. The van der Waals surface area contributed by atoms with Gasteiger partial charge in [0.05, 0.1) is 0 Å². The van der Waals surface area contributed by atoms with E-state index in [0.29, 0.717) is 45.9 Å². The number of carbonyl (C=O) groups is 8. The maximum absolute atomic E-state index is 13.0. The molecule has 50 heavy (non-hydrogen) atoms. The van der Waals surface area contributed by atoms with Gasteiger partial charge in [0.15, 0.2) is 0 Å². The Morgan fingerprint density at radius 1 is 0.380 bits per heavy atom. The highest BCUT2D eigenvalue weighted by Crippen LogP contribution is 2.08. The lowest BCUT2D eigenvalue weighted by molar-refractivity contribution is -0.160. The normalized spacial score (nSPS) is 10.5. The number of amides is 8. The van der Waals surface area contributed by atoms with Crippen molar-refractivity contribution in [1.29, 1.82) is 0 Å². The quantitative estimate of drug-likeness (QED) is 0.0375. The molecule has 0 unspecified atom stereocenters. The summed E-state index contributed by atoms with van der Waals surface area (Å²) in [4.78, 5) is 99.5. The van der Waals surface area contributed by atoms with Crippen LogP contribution in [0.2, 0.25) is 0 Å². The lowest BCUT2D eigenvalue weighted by atomic mass is 10.2. The van der Waals surface area contributed by atoms with Crippen LogP contribution in [-0.4, -0.2) is 166 Å².